The van der Waals surface area contributed by atoms with Crippen molar-refractivity contribution >= 4 is 33.4 Å². The van der Waals surface area contributed by atoms with Crippen molar-refractivity contribution in [1.29, 1.82) is 0 Å². The number of carbonyl (C=O) groups is 2. The summed E-state index contributed by atoms with van der Waals surface area (Å²) < 4.78 is 23.8. The van der Waals surface area contributed by atoms with Gasteiger partial charge in [0.2, 0.25) is 0 Å². The van der Waals surface area contributed by atoms with Crippen LogP contribution in [0.5, 0.6) is 17.2 Å². The van der Waals surface area contributed by atoms with Crippen LogP contribution in [0.3, 0.4) is 0 Å². The highest BCUT2D eigenvalue weighted by Crippen LogP contribution is 2.35. The zero-order chi connectivity index (χ0) is 23.3. The van der Waals surface area contributed by atoms with Crippen molar-refractivity contribution in [3.05, 3.63) is 46.3 Å². The van der Waals surface area contributed by atoms with Crippen molar-refractivity contribution in [1.82, 2.24) is 4.57 Å². The molecule has 0 saturated carbocycles. The molecule has 170 valence electrons. The second kappa shape index (κ2) is 10.3. The van der Waals surface area contributed by atoms with Gasteiger partial charge in [-0.1, -0.05) is 29.0 Å². The lowest BCUT2D eigenvalue weighted by Gasteiger charge is -2.10. The number of amides is 1. The van der Waals surface area contributed by atoms with Crippen molar-refractivity contribution in [3.8, 4) is 17.2 Å². The van der Waals surface area contributed by atoms with Gasteiger partial charge in [-0.15, -0.1) is 0 Å². The van der Waals surface area contributed by atoms with Crippen LogP contribution in [0.1, 0.15) is 18.1 Å². The van der Waals surface area contributed by atoms with E-state index < -0.39 is 5.97 Å². The first kappa shape index (κ1) is 23.3. The van der Waals surface area contributed by atoms with Crippen LogP contribution in [0.25, 0.3) is 10.2 Å². The van der Waals surface area contributed by atoms with Gasteiger partial charge < -0.3 is 23.5 Å². The molecule has 0 fully saturated rings. The number of aromatic nitrogens is 1. The van der Waals surface area contributed by atoms with Gasteiger partial charge in [-0.25, -0.2) is 0 Å². The van der Waals surface area contributed by atoms with E-state index in [1.807, 2.05) is 25.1 Å². The maximum atomic E-state index is 12.9. The summed E-state index contributed by atoms with van der Waals surface area (Å²) in [4.78, 5) is 29.9. The van der Waals surface area contributed by atoms with Crippen molar-refractivity contribution in [3.63, 3.8) is 0 Å². The number of carbonyl (C=O) groups excluding carboxylic acids is 2. The monoisotopic (exact) mass is 458 g/mol. The molecule has 0 saturated heterocycles. The number of fused-ring (bicyclic) bond motifs is 1. The fourth-order valence-corrected chi connectivity index (χ4v) is 4.53. The van der Waals surface area contributed by atoms with E-state index in [2.05, 4.69) is 4.99 Å². The molecule has 2 aromatic carbocycles. The zero-order valence-corrected chi connectivity index (χ0v) is 19.6. The van der Waals surface area contributed by atoms with E-state index in [0.717, 1.165) is 15.8 Å². The van der Waals surface area contributed by atoms with E-state index in [1.54, 1.807) is 45.0 Å². The van der Waals surface area contributed by atoms with Crippen LogP contribution in [-0.2, 0) is 27.3 Å². The molecule has 32 heavy (non-hydrogen) atoms. The van der Waals surface area contributed by atoms with Gasteiger partial charge in [0.25, 0.3) is 5.91 Å². The standard InChI is InChI=1S/C23H26N2O6S/c1-6-31-20(27)13-25-21-17(29-4)9-10-18(30-5)22(21)32-23(25)24-19(26)12-15-11-14(2)7-8-16(15)28-3/h7-11H,6,12-13H2,1-5H3. The van der Waals surface area contributed by atoms with Gasteiger partial charge in [0.15, 0.2) is 4.80 Å². The summed E-state index contributed by atoms with van der Waals surface area (Å²) in [6, 6.07) is 9.17. The predicted molar refractivity (Wildman–Crippen MR) is 122 cm³/mol. The Hall–Kier alpha value is -3.33. The molecule has 0 atom stereocenters. The second-order valence-electron chi connectivity index (χ2n) is 6.92. The molecule has 0 N–H and O–H groups in total. The Morgan fingerprint density at radius 3 is 2.31 bits per heavy atom. The van der Waals surface area contributed by atoms with E-state index in [-0.39, 0.29) is 25.5 Å². The lowest BCUT2D eigenvalue weighted by atomic mass is 10.1. The van der Waals surface area contributed by atoms with Crippen LogP contribution in [0.2, 0.25) is 0 Å². The molecule has 9 heteroatoms. The van der Waals surface area contributed by atoms with Gasteiger partial charge in [-0.2, -0.15) is 4.99 Å². The number of methoxy groups -OCH3 is 3. The highest BCUT2D eigenvalue weighted by molar-refractivity contribution is 7.16. The molecular weight excluding hydrogens is 432 g/mol. The third-order valence-electron chi connectivity index (χ3n) is 4.78. The molecule has 0 aliphatic rings. The summed E-state index contributed by atoms with van der Waals surface area (Å²) in [6.07, 6.45) is 0.0623. The minimum absolute atomic E-state index is 0.0623. The van der Waals surface area contributed by atoms with E-state index in [4.69, 9.17) is 18.9 Å². The summed E-state index contributed by atoms with van der Waals surface area (Å²) in [5.41, 5.74) is 2.38. The Balaban J connectivity index is 2.13. The number of nitrogens with zero attached hydrogens (tertiary/aromatic N) is 2. The molecule has 1 amide bonds. The van der Waals surface area contributed by atoms with Gasteiger partial charge in [0.1, 0.15) is 34.0 Å². The predicted octanol–water partition coefficient (Wildman–Crippen LogP) is 3.27. The highest BCUT2D eigenvalue weighted by atomic mass is 32.1. The Morgan fingerprint density at radius 2 is 1.66 bits per heavy atom. The molecule has 1 aromatic heterocycles. The molecule has 3 aromatic rings. The topological polar surface area (TPSA) is 88.4 Å². The van der Waals surface area contributed by atoms with Crippen LogP contribution in [0.15, 0.2) is 35.3 Å². The number of aryl methyl sites for hydroxylation is 1. The van der Waals surface area contributed by atoms with Crippen molar-refractivity contribution in [2.75, 3.05) is 27.9 Å². The summed E-state index contributed by atoms with van der Waals surface area (Å²) in [5.74, 6) is 0.953. The normalized spacial score (nSPS) is 11.5. The Labute approximate surface area is 190 Å². The number of benzene rings is 2. The molecule has 3 rings (SSSR count). The first-order chi connectivity index (χ1) is 15.4. The first-order valence-corrected chi connectivity index (χ1v) is 10.8. The SMILES string of the molecule is CCOC(=O)Cn1c(=NC(=O)Cc2cc(C)ccc2OC)sc2c(OC)ccc(OC)c21. The summed E-state index contributed by atoms with van der Waals surface area (Å²) in [6.45, 7) is 3.82. The van der Waals surface area contributed by atoms with Gasteiger partial charge in [0, 0.05) is 5.56 Å². The lowest BCUT2D eigenvalue weighted by molar-refractivity contribution is -0.143. The first-order valence-electron chi connectivity index (χ1n) is 10.0. The van der Waals surface area contributed by atoms with E-state index in [1.165, 1.54) is 11.3 Å². The molecule has 0 aliphatic carbocycles. The van der Waals surface area contributed by atoms with Crippen LogP contribution in [-0.4, -0.2) is 44.4 Å². The number of esters is 1. The smallest absolute Gasteiger partial charge is 0.326 e. The average molecular weight is 459 g/mol. The fourth-order valence-electron chi connectivity index (χ4n) is 3.38. The van der Waals surface area contributed by atoms with Gasteiger partial charge in [0.05, 0.1) is 34.4 Å². The van der Waals surface area contributed by atoms with E-state index in [0.29, 0.717) is 27.6 Å². The van der Waals surface area contributed by atoms with E-state index >= 15 is 0 Å². The van der Waals surface area contributed by atoms with Gasteiger partial charge in [-0.05, 0) is 32.0 Å². The molecule has 0 aliphatic heterocycles. The summed E-state index contributed by atoms with van der Waals surface area (Å²) >= 11 is 1.25. The van der Waals surface area contributed by atoms with Crippen LogP contribution in [0, 0.1) is 6.92 Å². The lowest BCUT2D eigenvalue weighted by Crippen LogP contribution is -2.23. The number of hydrogen-bond acceptors (Lipinski definition) is 7. The molecule has 0 bridgehead atoms. The maximum absolute atomic E-state index is 12.9. The Kier molecular flexibility index (Phi) is 7.53. The molecule has 0 spiro atoms. The molecule has 0 radical (unpaired) electrons. The van der Waals surface area contributed by atoms with Gasteiger partial charge in [-0.3, -0.25) is 9.59 Å². The molecule has 1 heterocycles. The van der Waals surface area contributed by atoms with Crippen LogP contribution < -0.4 is 19.0 Å². The number of thiazole rings is 1. The van der Waals surface area contributed by atoms with Crippen LogP contribution in [0.4, 0.5) is 0 Å². The minimum atomic E-state index is -0.439. The zero-order valence-electron chi connectivity index (χ0n) is 18.8. The van der Waals surface area contributed by atoms with Crippen molar-refractivity contribution < 1.29 is 28.5 Å². The number of rotatable bonds is 8. The summed E-state index contributed by atoms with van der Waals surface area (Å²) in [7, 11) is 4.66. The third-order valence-corrected chi connectivity index (χ3v) is 5.88. The molecule has 0 unspecified atom stereocenters. The Bertz CT molecular complexity index is 1210. The van der Waals surface area contributed by atoms with E-state index in [9.17, 15) is 9.59 Å². The third kappa shape index (κ3) is 4.94. The number of ether oxygens (including phenoxy) is 4. The highest BCUT2D eigenvalue weighted by Gasteiger charge is 2.19. The van der Waals surface area contributed by atoms with Crippen LogP contribution >= 0.6 is 11.3 Å². The van der Waals surface area contributed by atoms with Crippen molar-refractivity contribution in [2.45, 2.75) is 26.8 Å². The Morgan fingerprint density at radius 1 is 1.00 bits per heavy atom. The van der Waals surface area contributed by atoms with Gasteiger partial charge >= 0.3 is 5.97 Å². The summed E-state index contributed by atoms with van der Waals surface area (Å²) in [5, 5.41) is 0. The molecule has 8 nitrogen and oxygen atoms in total. The minimum Gasteiger partial charge on any atom is -0.496 e. The number of hydrogen-bond donors (Lipinski definition) is 0. The molecular formula is C23H26N2O6S. The maximum Gasteiger partial charge on any atom is 0.326 e. The largest absolute Gasteiger partial charge is 0.496 e. The second-order valence-corrected chi connectivity index (χ2v) is 7.90. The fraction of sp³-hybridized carbons (Fsp3) is 0.348. The quantitative estimate of drug-likeness (QED) is 0.482. The van der Waals surface area contributed by atoms with Crippen molar-refractivity contribution in [2.24, 2.45) is 4.99 Å². The average Bonchev–Trinajstić information content (AvgIpc) is 3.11.